The minimum Gasteiger partial charge on any atom is -0.872 e. The smallest absolute Gasteiger partial charge is 0.197 e. The van der Waals surface area contributed by atoms with Crippen molar-refractivity contribution in [2.45, 2.75) is 12.8 Å². The molecule has 0 saturated heterocycles. The van der Waals surface area contributed by atoms with Crippen LogP contribution >= 0.6 is 11.6 Å². The van der Waals surface area contributed by atoms with Crippen molar-refractivity contribution in [2.75, 3.05) is 0 Å². The molecule has 0 spiro atoms. The number of hydrogen-bond donors (Lipinski definition) is 0. The van der Waals surface area contributed by atoms with E-state index in [2.05, 4.69) is 0 Å². The summed E-state index contributed by atoms with van der Waals surface area (Å²) in [7, 11) is 0. The van der Waals surface area contributed by atoms with E-state index in [-0.39, 0.29) is 34.3 Å². The third-order valence-corrected chi connectivity index (χ3v) is 8.08. The highest BCUT2D eigenvalue weighted by atomic mass is 35.5. The van der Waals surface area contributed by atoms with Crippen molar-refractivity contribution in [3.8, 4) is 0 Å². The number of carbonyl (C=O) groups excluding carboxylic acids is 3. The minimum absolute atomic E-state index is 0.0875. The van der Waals surface area contributed by atoms with Crippen LogP contribution in [0.25, 0.3) is 27.3 Å². The summed E-state index contributed by atoms with van der Waals surface area (Å²) < 4.78 is 0. The number of hydrogen-bond acceptors (Lipinski definition) is 4. The third kappa shape index (κ3) is 3.27. The monoisotopic (exact) mass is 513 g/mol. The summed E-state index contributed by atoms with van der Waals surface area (Å²) in [6.07, 6.45) is 4.14. The van der Waals surface area contributed by atoms with E-state index in [4.69, 9.17) is 11.6 Å². The molecule has 0 fully saturated rings. The predicted octanol–water partition coefficient (Wildman–Crippen LogP) is 6.48. The number of benzene rings is 4. The Morgan fingerprint density at radius 2 is 1.11 bits per heavy atom. The second kappa shape index (κ2) is 8.23. The molecule has 3 aliphatic rings. The highest BCUT2D eigenvalue weighted by molar-refractivity contribution is 6.40. The average molecular weight is 514 g/mol. The van der Waals surface area contributed by atoms with Gasteiger partial charge in [0.1, 0.15) is 0 Å². The van der Waals surface area contributed by atoms with Gasteiger partial charge in [0.25, 0.3) is 0 Å². The van der Waals surface area contributed by atoms with E-state index < -0.39 is 0 Å². The normalized spacial score (nSPS) is 18.0. The summed E-state index contributed by atoms with van der Waals surface area (Å²) in [5.41, 5.74) is 3.06. The Balaban J connectivity index is 1.25. The van der Waals surface area contributed by atoms with E-state index in [0.29, 0.717) is 51.3 Å². The SMILES string of the molecule is O=C1C(=CC2=C(Cl)/C(=C/C3=C([O-])c4cc5ccccc5cc4C3=O)CC2)C(=O)c2cc3ccccc3cc21. The Bertz CT molecular complexity index is 1880. The Labute approximate surface area is 222 Å². The van der Waals surface area contributed by atoms with Crippen LogP contribution in [0.2, 0.25) is 0 Å². The maximum Gasteiger partial charge on any atom is 0.197 e. The van der Waals surface area contributed by atoms with Crippen molar-refractivity contribution in [3.63, 3.8) is 0 Å². The number of carbonyl (C=O) groups is 3. The van der Waals surface area contributed by atoms with Gasteiger partial charge in [-0.25, -0.2) is 0 Å². The molecule has 182 valence electrons. The third-order valence-electron chi connectivity index (χ3n) is 7.59. The number of Topliss-reactive ketones (excluding diaryl/α,β-unsaturated/α-hetero) is 3. The predicted molar refractivity (Wildman–Crippen MR) is 146 cm³/mol. The van der Waals surface area contributed by atoms with Gasteiger partial charge in [-0.05, 0) is 87.5 Å². The lowest BCUT2D eigenvalue weighted by molar-refractivity contribution is -0.244. The summed E-state index contributed by atoms with van der Waals surface area (Å²) in [4.78, 5) is 39.5. The zero-order valence-corrected chi connectivity index (χ0v) is 20.8. The molecule has 0 saturated carbocycles. The molecular weight excluding hydrogens is 496 g/mol. The molecule has 0 amide bonds. The fraction of sp³-hybridized carbons (Fsp3) is 0.0606. The molecule has 4 aromatic carbocycles. The van der Waals surface area contributed by atoms with Crippen molar-refractivity contribution in [3.05, 3.63) is 135 Å². The molecule has 4 nitrogen and oxygen atoms in total. The minimum atomic E-state index is -0.316. The first-order valence-corrected chi connectivity index (χ1v) is 12.7. The lowest BCUT2D eigenvalue weighted by Gasteiger charge is -2.11. The van der Waals surface area contributed by atoms with Crippen LogP contribution in [0.15, 0.2) is 112 Å². The van der Waals surface area contributed by atoms with Crippen LogP contribution in [0.4, 0.5) is 0 Å². The van der Waals surface area contributed by atoms with Crippen LogP contribution in [0.5, 0.6) is 0 Å². The lowest BCUT2D eigenvalue weighted by atomic mass is 10.0. The molecule has 5 heteroatoms. The number of halogens is 1. The van der Waals surface area contributed by atoms with Gasteiger partial charge >= 0.3 is 0 Å². The fourth-order valence-electron chi connectivity index (χ4n) is 5.60. The van der Waals surface area contributed by atoms with Crippen LogP contribution in [0.3, 0.4) is 0 Å². The quantitative estimate of drug-likeness (QED) is 0.227. The van der Waals surface area contributed by atoms with Crippen LogP contribution in [-0.2, 0) is 0 Å². The van der Waals surface area contributed by atoms with E-state index in [1.165, 1.54) is 0 Å². The summed E-state index contributed by atoms with van der Waals surface area (Å²) >= 11 is 6.69. The largest absolute Gasteiger partial charge is 0.872 e. The van der Waals surface area contributed by atoms with Gasteiger partial charge in [-0.1, -0.05) is 65.9 Å². The molecule has 0 N–H and O–H groups in total. The van der Waals surface area contributed by atoms with E-state index in [0.717, 1.165) is 21.5 Å². The molecule has 0 unspecified atom stereocenters. The van der Waals surface area contributed by atoms with E-state index >= 15 is 0 Å². The van der Waals surface area contributed by atoms with Gasteiger partial charge in [-0.3, -0.25) is 14.4 Å². The molecule has 0 aliphatic heterocycles. The molecular formula is C33H18ClO4-. The van der Waals surface area contributed by atoms with Gasteiger partial charge < -0.3 is 5.11 Å². The van der Waals surface area contributed by atoms with Gasteiger partial charge in [0.05, 0.1) is 5.57 Å². The zero-order chi connectivity index (χ0) is 26.1. The molecule has 38 heavy (non-hydrogen) atoms. The fourth-order valence-corrected chi connectivity index (χ4v) is 5.89. The zero-order valence-electron chi connectivity index (χ0n) is 20.0. The van der Waals surface area contributed by atoms with E-state index in [1.807, 2.05) is 48.5 Å². The number of allylic oxidation sites excluding steroid dienone is 7. The lowest BCUT2D eigenvalue weighted by Crippen LogP contribution is -2.03. The molecule has 0 radical (unpaired) electrons. The van der Waals surface area contributed by atoms with Crippen molar-refractivity contribution in [1.82, 2.24) is 0 Å². The second-order valence-corrected chi connectivity index (χ2v) is 10.2. The first kappa shape index (κ1) is 22.6. The molecule has 3 aliphatic carbocycles. The maximum atomic E-state index is 13.2. The topological polar surface area (TPSA) is 74.3 Å². The summed E-state index contributed by atoms with van der Waals surface area (Å²) in [5.74, 6) is -1.27. The molecule has 4 aromatic rings. The van der Waals surface area contributed by atoms with Gasteiger partial charge in [0.15, 0.2) is 17.3 Å². The van der Waals surface area contributed by atoms with Crippen LogP contribution in [0.1, 0.15) is 49.5 Å². The molecule has 0 bridgehead atoms. The maximum absolute atomic E-state index is 13.2. The van der Waals surface area contributed by atoms with Gasteiger partial charge in [0, 0.05) is 27.3 Å². The average Bonchev–Trinajstić information content (AvgIpc) is 3.48. The molecule has 7 rings (SSSR count). The number of rotatable bonds is 2. The van der Waals surface area contributed by atoms with Gasteiger partial charge in [0.2, 0.25) is 0 Å². The second-order valence-electron chi connectivity index (χ2n) is 9.79. The summed E-state index contributed by atoms with van der Waals surface area (Å²) in [6, 6.07) is 22.2. The van der Waals surface area contributed by atoms with Crippen LogP contribution in [-0.4, -0.2) is 17.3 Å². The van der Waals surface area contributed by atoms with Gasteiger partial charge in [-0.2, -0.15) is 0 Å². The van der Waals surface area contributed by atoms with Crippen molar-refractivity contribution in [1.29, 1.82) is 0 Å². The van der Waals surface area contributed by atoms with Crippen molar-refractivity contribution < 1.29 is 19.5 Å². The molecule has 0 heterocycles. The first-order chi connectivity index (χ1) is 18.4. The Hall–Kier alpha value is -4.54. The van der Waals surface area contributed by atoms with Crippen LogP contribution in [0, 0.1) is 0 Å². The first-order valence-electron chi connectivity index (χ1n) is 12.3. The van der Waals surface area contributed by atoms with Gasteiger partial charge in [-0.15, -0.1) is 0 Å². The summed E-state index contributed by atoms with van der Waals surface area (Å²) in [6.45, 7) is 0. The van der Waals surface area contributed by atoms with Crippen molar-refractivity contribution in [2.24, 2.45) is 0 Å². The Morgan fingerprint density at radius 3 is 1.63 bits per heavy atom. The van der Waals surface area contributed by atoms with E-state index in [1.54, 1.807) is 36.4 Å². The summed E-state index contributed by atoms with van der Waals surface area (Å²) in [5, 5.41) is 17.1. The van der Waals surface area contributed by atoms with E-state index in [9.17, 15) is 19.5 Å². The highest BCUT2D eigenvalue weighted by Crippen LogP contribution is 2.41. The number of fused-ring (bicyclic) bond motifs is 4. The molecule has 0 aromatic heterocycles. The standard InChI is InChI=1S/C33H19ClO4/c34-29-21(15-27-30(35)23-11-17-5-1-2-6-18(17)12-24(23)31(27)36)9-10-22(29)16-28-32(37)25-13-19-7-3-4-8-20(19)14-26(25)33(28)38/h1-8,11-16,35H,9-10H2/p-1/b21-15+. The van der Waals surface area contributed by atoms with Crippen LogP contribution < -0.4 is 5.11 Å². The molecule has 0 atom stereocenters. The Kier molecular flexibility index (Phi) is 4.91. The number of ketones is 3. The van der Waals surface area contributed by atoms with Crippen molar-refractivity contribution >= 4 is 56.3 Å². The highest BCUT2D eigenvalue weighted by Gasteiger charge is 2.34. The Morgan fingerprint density at radius 1 is 0.632 bits per heavy atom.